The number of hydrogen-bond donors (Lipinski definition) is 0. The van der Waals surface area contributed by atoms with Gasteiger partial charge in [-0.2, -0.15) is 0 Å². The molecule has 5 nitrogen and oxygen atoms in total. The maximum atomic E-state index is 6.75. The molecule has 0 radical (unpaired) electrons. The van der Waals surface area contributed by atoms with E-state index in [1.54, 1.807) is 0 Å². The van der Waals surface area contributed by atoms with Gasteiger partial charge in [-0.25, -0.2) is 9.97 Å². The molecule has 282 valence electrons. The number of fused-ring (bicyclic) bond motifs is 4. The van der Waals surface area contributed by atoms with Crippen LogP contribution in [0.5, 0.6) is 11.5 Å². The van der Waals surface area contributed by atoms with Gasteiger partial charge in [0.25, 0.3) is 0 Å². The normalized spacial score (nSPS) is 12.1. The number of hydrogen-bond acceptors (Lipinski definition) is 3. The molecule has 9 aromatic rings. The van der Waals surface area contributed by atoms with Crippen LogP contribution in [0.15, 0.2) is 152 Å². The molecule has 0 saturated heterocycles. The molecular weight excluding hydrogens is 697 g/mol. The van der Waals surface area contributed by atoms with Crippen molar-refractivity contribution in [3.63, 3.8) is 0 Å². The fourth-order valence-electron chi connectivity index (χ4n) is 8.16. The fraction of sp³-hybridized carbons (Fsp3) is 0.192. The molecule has 0 fully saturated rings. The Morgan fingerprint density at radius 2 is 1.18 bits per heavy atom. The second kappa shape index (κ2) is 14.2. The molecule has 0 aliphatic carbocycles. The molecule has 0 unspecified atom stereocenters. The number of benzene rings is 6. The van der Waals surface area contributed by atoms with E-state index in [1.165, 1.54) is 38.9 Å². The van der Waals surface area contributed by atoms with Gasteiger partial charge in [-0.1, -0.05) is 121 Å². The van der Waals surface area contributed by atoms with Gasteiger partial charge in [0.05, 0.1) is 27.8 Å². The Morgan fingerprint density at radius 3 is 1.91 bits per heavy atom. The van der Waals surface area contributed by atoms with Crippen LogP contribution < -0.4 is 4.74 Å². The highest BCUT2D eigenvalue weighted by molar-refractivity contribution is 6.09. The Bertz CT molecular complexity index is 2900. The van der Waals surface area contributed by atoms with Crippen LogP contribution in [-0.4, -0.2) is 19.1 Å². The van der Waals surface area contributed by atoms with Crippen LogP contribution in [0.2, 0.25) is 0 Å². The van der Waals surface area contributed by atoms with Crippen LogP contribution in [0, 0.1) is 0 Å². The first kappa shape index (κ1) is 36.2. The molecule has 0 aliphatic rings. The molecular formula is C52H48N4O. The van der Waals surface area contributed by atoms with E-state index < -0.39 is 0 Å². The maximum absolute atomic E-state index is 6.75. The van der Waals surface area contributed by atoms with E-state index in [9.17, 15) is 0 Å². The molecule has 0 spiro atoms. The summed E-state index contributed by atoms with van der Waals surface area (Å²) in [6, 6.07) is 51.5. The highest BCUT2D eigenvalue weighted by Crippen LogP contribution is 2.41. The minimum atomic E-state index is -0.00533. The van der Waals surface area contributed by atoms with E-state index in [0.717, 1.165) is 56.2 Å². The first-order valence-electron chi connectivity index (χ1n) is 20.0. The first-order valence-corrected chi connectivity index (χ1v) is 20.0. The van der Waals surface area contributed by atoms with Crippen molar-refractivity contribution in [2.45, 2.75) is 65.7 Å². The lowest BCUT2D eigenvalue weighted by Gasteiger charge is -2.24. The van der Waals surface area contributed by atoms with Gasteiger partial charge in [0.15, 0.2) is 0 Å². The fourth-order valence-corrected chi connectivity index (χ4v) is 8.16. The molecule has 9 rings (SSSR count). The molecule has 0 N–H and O–H groups in total. The molecule has 57 heavy (non-hydrogen) atoms. The molecule has 0 bridgehead atoms. The van der Waals surface area contributed by atoms with Gasteiger partial charge in [-0.15, -0.1) is 0 Å². The van der Waals surface area contributed by atoms with E-state index in [4.69, 9.17) is 14.7 Å². The van der Waals surface area contributed by atoms with Crippen LogP contribution in [-0.2, 0) is 5.41 Å². The molecule has 0 saturated carbocycles. The Labute approximate surface area is 335 Å². The summed E-state index contributed by atoms with van der Waals surface area (Å²) in [5.41, 5.74) is 12.7. The first-order chi connectivity index (χ1) is 27.5. The van der Waals surface area contributed by atoms with Gasteiger partial charge in [0, 0.05) is 28.6 Å². The van der Waals surface area contributed by atoms with Gasteiger partial charge >= 0.3 is 0 Å². The number of rotatable bonds is 8. The van der Waals surface area contributed by atoms with Crippen molar-refractivity contribution < 1.29 is 4.74 Å². The van der Waals surface area contributed by atoms with Gasteiger partial charge in [0.1, 0.15) is 23.1 Å². The molecule has 3 heterocycles. The third kappa shape index (κ3) is 6.57. The number of para-hydroxylation sites is 3. The summed E-state index contributed by atoms with van der Waals surface area (Å²) in [6.45, 7) is 15.9. The van der Waals surface area contributed by atoms with Gasteiger partial charge < -0.3 is 4.74 Å². The third-order valence-electron chi connectivity index (χ3n) is 11.1. The van der Waals surface area contributed by atoms with Crippen LogP contribution in [0.1, 0.15) is 77.0 Å². The van der Waals surface area contributed by atoms with E-state index >= 15 is 0 Å². The maximum Gasteiger partial charge on any atom is 0.145 e. The topological polar surface area (TPSA) is 44.9 Å². The highest BCUT2D eigenvalue weighted by atomic mass is 16.5. The minimum Gasteiger partial charge on any atom is -0.457 e. The predicted octanol–water partition coefficient (Wildman–Crippen LogP) is 14.2. The number of ether oxygens (including phenoxy) is 1. The Hall–Kier alpha value is -6.46. The van der Waals surface area contributed by atoms with Crippen LogP contribution in [0.25, 0.3) is 66.9 Å². The quantitative estimate of drug-likeness (QED) is 0.156. The van der Waals surface area contributed by atoms with Crippen LogP contribution in [0.4, 0.5) is 0 Å². The zero-order valence-corrected chi connectivity index (χ0v) is 33.8. The number of aromatic nitrogens is 4. The summed E-state index contributed by atoms with van der Waals surface area (Å²) in [4.78, 5) is 10.2. The van der Waals surface area contributed by atoms with Crippen LogP contribution >= 0.6 is 0 Å². The van der Waals surface area contributed by atoms with Crippen molar-refractivity contribution in [1.29, 1.82) is 0 Å². The van der Waals surface area contributed by atoms with Crippen molar-refractivity contribution in [3.8, 4) is 45.5 Å². The lowest BCUT2D eigenvalue weighted by atomic mass is 9.88. The van der Waals surface area contributed by atoms with Crippen molar-refractivity contribution >= 4 is 32.8 Å². The van der Waals surface area contributed by atoms with Crippen molar-refractivity contribution in [1.82, 2.24) is 19.1 Å². The van der Waals surface area contributed by atoms with Crippen molar-refractivity contribution in [2.75, 3.05) is 0 Å². The zero-order valence-electron chi connectivity index (χ0n) is 33.8. The monoisotopic (exact) mass is 744 g/mol. The van der Waals surface area contributed by atoms with Crippen LogP contribution in [0.3, 0.4) is 0 Å². The second-order valence-electron chi connectivity index (χ2n) is 16.8. The zero-order chi connectivity index (χ0) is 39.4. The number of nitrogens with zero attached hydrogens (tertiary/aromatic N) is 4. The van der Waals surface area contributed by atoms with Gasteiger partial charge in [-0.05, 0) is 112 Å². The minimum absolute atomic E-state index is 0.00533. The number of pyridine rings is 1. The molecule has 3 aromatic heterocycles. The standard InChI is InChI=1S/C52H48N4O/c1-33(2)43-29-37(35-16-9-8-10-17-35)30-44(34(3)4)50(43)56-47-23-14-12-21-45(47)54-51(56)36-18-15-19-39(28-36)57-40-24-25-42-41-20-11-13-22-46(41)55(48(42)32-40)49-31-38(26-27-53-49)52(5,6)7/h8-34H,1-7H3. The smallest absolute Gasteiger partial charge is 0.145 e. The summed E-state index contributed by atoms with van der Waals surface area (Å²) in [6.07, 6.45) is 1.92. The summed E-state index contributed by atoms with van der Waals surface area (Å²) in [5.74, 6) is 3.84. The summed E-state index contributed by atoms with van der Waals surface area (Å²) in [7, 11) is 0. The third-order valence-corrected chi connectivity index (χ3v) is 11.1. The van der Waals surface area contributed by atoms with Crippen molar-refractivity contribution in [2.24, 2.45) is 0 Å². The lowest BCUT2D eigenvalue weighted by Crippen LogP contribution is -2.12. The summed E-state index contributed by atoms with van der Waals surface area (Å²) < 4.78 is 11.4. The Balaban J connectivity index is 1.17. The molecule has 6 aromatic carbocycles. The predicted molar refractivity (Wildman–Crippen MR) is 237 cm³/mol. The molecule has 5 heteroatoms. The summed E-state index contributed by atoms with van der Waals surface area (Å²) >= 11 is 0. The second-order valence-corrected chi connectivity index (χ2v) is 16.8. The van der Waals surface area contributed by atoms with E-state index in [2.05, 4.69) is 197 Å². The van der Waals surface area contributed by atoms with E-state index in [-0.39, 0.29) is 17.3 Å². The number of imidazole rings is 1. The average molecular weight is 745 g/mol. The molecule has 0 amide bonds. The average Bonchev–Trinajstić information content (AvgIpc) is 3.76. The Morgan fingerprint density at radius 1 is 0.526 bits per heavy atom. The lowest BCUT2D eigenvalue weighted by molar-refractivity contribution is 0.483. The molecule has 0 atom stereocenters. The largest absolute Gasteiger partial charge is 0.457 e. The van der Waals surface area contributed by atoms with Gasteiger partial charge in [0.2, 0.25) is 0 Å². The van der Waals surface area contributed by atoms with E-state index in [1.807, 2.05) is 12.3 Å². The Kier molecular flexibility index (Phi) is 9.04. The molecule has 0 aliphatic heterocycles. The van der Waals surface area contributed by atoms with Gasteiger partial charge in [-0.3, -0.25) is 9.13 Å². The SMILES string of the molecule is CC(C)c1cc(-c2ccccc2)cc(C(C)C)c1-n1c(-c2cccc(Oc3ccc4c5ccccc5n(-c5cc(C(C)(C)C)ccn5)c4c3)c2)nc2ccccc21. The van der Waals surface area contributed by atoms with E-state index in [0.29, 0.717) is 0 Å². The van der Waals surface area contributed by atoms with Crippen molar-refractivity contribution in [3.05, 3.63) is 168 Å². The highest BCUT2D eigenvalue weighted by Gasteiger charge is 2.24. The summed E-state index contributed by atoms with van der Waals surface area (Å²) in [5, 5.41) is 2.34.